The first-order valence-corrected chi connectivity index (χ1v) is 11.4. The second kappa shape index (κ2) is 9.62. The van der Waals surface area contributed by atoms with Gasteiger partial charge < -0.3 is 14.5 Å². The van der Waals surface area contributed by atoms with E-state index in [4.69, 9.17) is 9.15 Å². The first kappa shape index (κ1) is 22.8. The summed E-state index contributed by atoms with van der Waals surface area (Å²) in [6, 6.07) is 12.6. The molecule has 8 heteroatoms. The standard InChI is InChI=1S/C25H24BrN3O4/c1-14-7-12-20(32-3)19(13-14)27-25(31)23-15(2)22-18(5-4-6-21(22)33-23)28-29-24(30)16-8-10-17(26)11-9-16/h7-13H,4-6H2,1-3H3,(H,27,31)(H,29,30)/b28-18+. The Kier molecular flexibility index (Phi) is 6.65. The molecule has 0 saturated heterocycles. The molecule has 2 amide bonds. The van der Waals surface area contributed by atoms with Gasteiger partial charge in [-0.25, -0.2) is 5.43 Å². The average Bonchev–Trinajstić information content (AvgIpc) is 3.15. The summed E-state index contributed by atoms with van der Waals surface area (Å²) in [4.78, 5) is 25.5. The molecule has 2 aromatic carbocycles. The summed E-state index contributed by atoms with van der Waals surface area (Å²) in [6.45, 7) is 3.78. The number of carbonyl (C=O) groups is 2. The Morgan fingerprint density at radius 1 is 1.06 bits per heavy atom. The highest BCUT2D eigenvalue weighted by atomic mass is 79.9. The molecule has 3 aromatic rings. The van der Waals surface area contributed by atoms with Crippen LogP contribution in [0.3, 0.4) is 0 Å². The zero-order valence-corrected chi connectivity index (χ0v) is 20.2. The molecule has 0 unspecified atom stereocenters. The molecule has 1 heterocycles. The summed E-state index contributed by atoms with van der Waals surface area (Å²) < 4.78 is 12.2. The van der Waals surface area contributed by atoms with Gasteiger partial charge in [0.15, 0.2) is 5.76 Å². The highest BCUT2D eigenvalue weighted by molar-refractivity contribution is 9.10. The van der Waals surface area contributed by atoms with Crippen molar-refractivity contribution in [1.82, 2.24) is 5.43 Å². The van der Waals surface area contributed by atoms with Crippen molar-refractivity contribution in [3.05, 3.63) is 80.7 Å². The van der Waals surface area contributed by atoms with Crippen LogP contribution in [0.1, 0.15) is 56.2 Å². The Labute approximate surface area is 200 Å². The number of benzene rings is 2. The summed E-state index contributed by atoms with van der Waals surface area (Å²) in [6.07, 6.45) is 2.21. The maximum absolute atomic E-state index is 13.0. The molecule has 0 saturated carbocycles. The number of hydrogen-bond acceptors (Lipinski definition) is 5. The topological polar surface area (TPSA) is 92.9 Å². The molecule has 0 aliphatic heterocycles. The Morgan fingerprint density at radius 3 is 2.55 bits per heavy atom. The van der Waals surface area contributed by atoms with Crippen LogP contribution < -0.4 is 15.5 Å². The Balaban J connectivity index is 1.58. The minimum Gasteiger partial charge on any atom is -0.495 e. The van der Waals surface area contributed by atoms with Crippen molar-refractivity contribution >= 4 is 39.1 Å². The van der Waals surface area contributed by atoms with Crippen LogP contribution in [0.4, 0.5) is 5.69 Å². The van der Waals surface area contributed by atoms with Gasteiger partial charge in [-0.3, -0.25) is 9.59 Å². The average molecular weight is 510 g/mol. The van der Waals surface area contributed by atoms with Crippen molar-refractivity contribution in [2.45, 2.75) is 33.1 Å². The van der Waals surface area contributed by atoms with E-state index in [2.05, 4.69) is 31.8 Å². The van der Waals surface area contributed by atoms with Gasteiger partial charge in [-0.2, -0.15) is 5.10 Å². The molecule has 1 aromatic heterocycles. The number of methoxy groups -OCH3 is 1. The fourth-order valence-electron chi connectivity index (χ4n) is 3.88. The van der Waals surface area contributed by atoms with E-state index < -0.39 is 0 Å². The van der Waals surface area contributed by atoms with Crippen LogP contribution in [0.15, 0.2) is 56.5 Å². The minimum absolute atomic E-state index is 0.234. The van der Waals surface area contributed by atoms with Crippen molar-refractivity contribution in [3.8, 4) is 5.75 Å². The smallest absolute Gasteiger partial charge is 0.291 e. The largest absolute Gasteiger partial charge is 0.495 e. The Bertz CT molecular complexity index is 1250. The number of rotatable bonds is 5. The van der Waals surface area contributed by atoms with Crippen molar-refractivity contribution in [3.63, 3.8) is 0 Å². The number of ether oxygens (including phenoxy) is 1. The van der Waals surface area contributed by atoms with Gasteiger partial charge in [-0.05, 0) is 68.7 Å². The molecule has 33 heavy (non-hydrogen) atoms. The first-order chi connectivity index (χ1) is 15.9. The van der Waals surface area contributed by atoms with E-state index in [1.165, 1.54) is 0 Å². The van der Waals surface area contributed by atoms with Crippen molar-refractivity contribution in [1.29, 1.82) is 0 Å². The number of aryl methyl sites for hydroxylation is 2. The van der Waals surface area contributed by atoms with Crippen LogP contribution >= 0.6 is 15.9 Å². The van der Waals surface area contributed by atoms with Crippen molar-refractivity contribution < 1.29 is 18.7 Å². The number of amides is 2. The number of fused-ring (bicyclic) bond motifs is 1. The number of carbonyl (C=O) groups excluding carboxylic acids is 2. The summed E-state index contributed by atoms with van der Waals surface area (Å²) in [5.41, 5.74) is 6.91. The maximum atomic E-state index is 13.0. The normalized spacial score (nSPS) is 14.0. The lowest BCUT2D eigenvalue weighted by Crippen LogP contribution is -2.22. The lowest BCUT2D eigenvalue weighted by Gasteiger charge is -2.13. The molecule has 0 atom stereocenters. The van der Waals surface area contributed by atoms with E-state index in [1.807, 2.05) is 32.0 Å². The first-order valence-electron chi connectivity index (χ1n) is 10.6. The minimum atomic E-state index is -0.357. The zero-order valence-electron chi connectivity index (χ0n) is 18.6. The molecule has 0 bridgehead atoms. The molecule has 1 aliphatic carbocycles. The second-order valence-electron chi connectivity index (χ2n) is 7.87. The molecule has 4 rings (SSSR count). The van der Waals surface area contributed by atoms with Gasteiger partial charge in [0.2, 0.25) is 0 Å². The molecule has 2 N–H and O–H groups in total. The van der Waals surface area contributed by atoms with E-state index >= 15 is 0 Å². The highest BCUT2D eigenvalue weighted by Gasteiger charge is 2.28. The number of nitrogens with one attached hydrogen (secondary N) is 2. The number of hydrogen-bond donors (Lipinski definition) is 2. The lowest BCUT2D eigenvalue weighted by atomic mass is 9.93. The Hall–Kier alpha value is -3.39. The third-order valence-electron chi connectivity index (χ3n) is 5.53. The molecule has 0 fully saturated rings. The van der Waals surface area contributed by atoms with E-state index in [0.717, 1.165) is 22.0 Å². The van der Waals surface area contributed by atoms with Gasteiger partial charge in [0, 0.05) is 27.6 Å². The van der Waals surface area contributed by atoms with Crippen molar-refractivity contribution in [2.24, 2.45) is 5.10 Å². The second-order valence-corrected chi connectivity index (χ2v) is 8.79. The van der Waals surface area contributed by atoms with E-state index in [1.54, 1.807) is 31.4 Å². The van der Waals surface area contributed by atoms with Crippen LogP contribution in [0.5, 0.6) is 5.75 Å². The predicted octanol–water partition coefficient (Wildman–Crippen LogP) is 5.39. The fraction of sp³-hybridized carbons (Fsp3) is 0.240. The van der Waals surface area contributed by atoms with E-state index in [0.29, 0.717) is 46.9 Å². The number of anilines is 1. The van der Waals surface area contributed by atoms with Crippen LogP contribution in [-0.2, 0) is 6.42 Å². The molecule has 170 valence electrons. The number of hydrazone groups is 1. The monoisotopic (exact) mass is 509 g/mol. The molecule has 7 nitrogen and oxygen atoms in total. The molecular weight excluding hydrogens is 486 g/mol. The summed E-state index contributed by atoms with van der Waals surface area (Å²) >= 11 is 3.36. The molecule has 1 aliphatic rings. The Morgan fingerprint density at radius 2 is 1.82 bits per heavy atom. The van der Waals surface area contributed by atoms with Gasteiger partial charge in [0.05, 0.1) is 18.5 Å². The molecular formula is C25H24BrN3O4. The van der Waals surface area contributed by atoms with Crippen LogP contribution in [0.25, 0.3) is 0 Å². The maximum Gasteiger partial charge on any atom is 0.291 e. The molecule has 0 spiro atoms. The van der Waals surface area contributed by atoms with Gasteiger partial charge in [0.1, 0.15) is 11.5 Å². The number of halogens is 1. The quantitative estimate of drug-likeness (QED) is 0.450. The van der Waals surface area contributed by atoms with E-state index in [-0.39, 0.29) is 17.6 Å². The van der Waals surface area contributed by atoms with Crippen LogP contribution in [0.2, 0.25) is 0 Å². The van der Waals surface area contributed by atoms with E-state index in [9.17, 15) is 9.59 Å². The highest BCUT2D eigenvalue weighted by Crippen LogP contribution is 2.31. The fourth-order valence-corrected chi connectivity index (χ4v) is 4.14. The third-order valence-corrected chi connectivity index (χ3v) is 6.06. The van der Waals surface area contributed by atoms with Gasteiger partial charge in [-0.1, -0.05) is 22.0 Å². The molecule has 0 radical (unpaired) electrons. The van der Waals surface area contributed by atoms with Crippen LogP contribution in [-0.4, -0.2) is 24.6 Å². The van der Waals surface area contributed by atoms with Crippen molar-refractivity contribution in [2.75, 3.05) is 12.4 Å². The summed E-state index contributed by atoms with van der Waals surface area (Å²) in [5, 5.41) is 7.26. The summed E-state index contributed by atoms with van der Waals surface area (Å²) in [5.74, 6) is 0.854. The number of nitrogens with zero attached hydrogens (tertiary/aromatic N) is 1. The summed E-state index contributed by atoms with van der Waals surface area (Å²) in [7, 11) is 1.56. The third kappa shape index (κ3) is 4.85. The van der Waals surface area contributed by atoms with Crippen LogP contribution in [0, 0.1) is 13.8 Å². The van der Waals surface area contributed by atoms with Gasteiger partial charge >= 0.3 is 0 Å². The lowest BCUT2D eigenvalue weighted by molar-refractivity contribution is 0.0953. The SMILES string of the molecule is COc1ccc(C)cc1NC(=O)c1oc2c(c1C)/C(=N/NC(=O)c1ccc(Br)cc1)CCC2. The predicted molar refractivity (Wildman–Crippen MR) is 130 cm³/mol. The van der Waals surface area contributed by atoms with Gasteiger partial charge in [-0.15, -0.1) is 0 Å². The zero-order chi connectivity index (χ0) is 23.5. The van der Waals surface area contributed by atoms with Gasteiger partial charge in [0.25, 0.3) is 11.8 Å². The number of furan rings is 1.